The number of rotatable bonds is 6. The highest BCUT2D eigenvalue weighted by molar-refractivity contribution is 5.97. The lowest BCUT2D eigenvalue weighted by atomic mass is 10.1. The molecule has 0 amide bonds. The number of anilines is 4. The number of hydrogen-bond donors (Lipinski definition) is 2. The fourth-order valence-electron chi connectivity index (χ4n) is 2.86. The van der Waals surface area contributed by atoms with Crippen molar-refractivity contribution < 1.29 is 0 Å². The van der Waals surface area contributed by atoms with Gasteiger partial charge in [-0.15, -0.1) is 0 Å². The SMILES string of the molecule is CCCNc1ncnc(N(CC)c2cccc3ccccc23)c1N. The summed E-state index contributed by atoms with van der Waals surface area (Å²) >= 11 is 0. The quantitative estimate of drug-likeness (QED) is 0.712. The Morgan fingerprint density at radius 1 is 1.04 bits per heavy atom. The minimum atomic E-state index is 0.584. The Balaban J connectivity index is 2.09. The third kappa shape index (κ3) is 2.97. The average Bonchev–Trinajstić information content (AvgIpc) is 2.63. The summed E-state index contributed by atoms with van der Waals surface area (Å²) < 4.78 is 0. The summed E-state index contributed by atoms with van der Waals surface area (Å²) in [6.07, 6.45) is 2.58. The van der Waals surface area contributed by atoms with Gasteiger partial charge in [0.05, 0.1) is 5.69 Å². The first-order valence-corrected chi connectivity index (χ1v) is 8.35. The molecular weight excluding hydrogens is 298 g/mol. The van der Waals surface area contributed by atoms with Crippen LogP contribution in [0.25, 0.3) is 10.8 Å². The van der Waals surface area contributed by atoms with Crippen molar-refractivity contribution in [2.45, 2.75) is 20.3 Å². The van der Waals surface area contributed by atoms with Gasteiger partial charge in [-0.2, -0.15) is 0 Å². The van der Waals surface area contributed by atoms with Crippen LogP contribution >= 0.6 is 0 Å². The molecule has 0 spiro atoms. The van der Waals surface area contributed by atoms with Crippen LogP contribution in [0, 0.1) is 0 Å². The van der Waals surface area contributed by atoms with E-state index in [0.717, 1.165) is 31.0 Å². The molecule has 0 bridgehead atoms. The van der Waals surface area contributed by atoms with Gasteiger partial charge < -0.3 is 16.0 Å². The molecule has 0 aliphatic heterocycles. The van der Waals surface area contributed by atoms with E-state index >= 15 is 0 Å². The van der Waals surface area contributed by atoms with Gasteiger partial charge in [0.25, 0.3) is 0 Å². The summed E-state index contributed by atoms with van der Waals surface area (Å²) in [5.74, 6) is 1.43. The van der Waals surface area contributed by atoms with Crippen LogP contribution in [0.1, 0.15) is 20.3 Å². The van der Waals surface area contributed by atoms with Gasteiger partial charge >= 0.3 is 0 Å². The van der Waals surface area contributed by atoms with Crippen LogP contribution in [0.5, 0.6) is 0 Å². The molecule has 0 aliphatic carbocycles. The lowest BCUT2D eigenvalue weighted by Gasteiger charge is -2.25. The highest BCUT2D eigenvalue weighted by Crippen LogP contribution is 2.35. The number of aromatic nitrogens is 2. The average molecular weight is 321 g/mol. The summed E-state index contributed by atoms with van der Waals surface area (Å²) in [6.45, 7) is 5.81. The molecule has 5 nitrogen and oxygen atoms in total. The van der Waals surface area contributed by atoms with Crippen LogP contribution in [0.3, 0.4) is 0 Å². The molecule has 0 aliphatic rings. The van der Waals surface area contributed by atoms with E-state index in [0.29, 0.717) is 11.5 Å². The van der Waals surface area contributed by atoms with Crippen LogP contribution in [-0.2, 0) is 0 Å². The van der Waals surface area contributed by atoms with Crippen LogP contribution < -0.4 is 16.0 Å². The molecule has 1 aromatic heterocycles. The molecular formula is C19H23N5. The Kier molecular flexibility index (Phi) is 4.79. The second-order valence-electron chi connectivity index (χ2n) is 5.63. The molecule has 0 fully saturated rings. The molecule has 0 saturated heterocycles. The number of hydrogen-bond acceptors (Lipinski definition) is 5. The number of nitrogens with two attached hydrogens (primary N) is 1. The molecule has 1 heterocycles. The van der Waals surface area contributed by atoms with Gasteiger partial charge in [0.1, 0.15) is 12.0 Å². The maximum atomic E-state index is 6.35. The van der Waals surface area contributed by atoms with E-state index in [1.54, 1.807) is 6.33 Å². The van der Waals surface area contributed by atoms with Crippen molar-refractivity contribution in [3.05, 3.63) is 48.8 Å². The third-order valence-electron chi connectivity index (χ3n) is 4.03. The molecule has 0 saturated carbocycles. The normalized spacial score (nSPS) is 10.8. The number of nitrogens with zero attached hydrogens (tertiary/aromatic N) is 3. The summed E-state index contributed by atoms with van der Waals surface area (Å²) in [4.78, 5) is 10.9. The van der Waals surface area contributed by atoms with E-state index < -0.39 is 0 Å². The predicted molar refractivity (Wildman–Crippen MR) is 102 cm³/mol. The molecule has 3 N–H and O–H groups in total. The van der Waals surface area contributed by atoms with Crippen molar-refractivity contribution in [1.29, 1.82) is 0 Å². The topological polar surface area (TPSA) is 67.1 Å². The van der Waals surface area contributed by atoms with Crippen molar-refractivity contribution in [3.8, 4) is 0 Å². The molecule has 3 aromatic rings. The van der Waals surface area contributed by atoms with Crippen LogP contribution in [-0.4, -0.2) is 23.1 Å². The monoisotopic (exact) mass is 321 g/mol. The molecule has 0 atom stereocenters. The van der Waals surface area contributed by atoms with Gasteiger partial charge in [-0.3, -0.25) is 0 Å². The molecule has 5 heteroatoms. The van der Waals surface area contributed by atoms with Gasteiger partial charge in [0.15, 0.2) is 11.6 Å². The Morgan fingerprint density at radius 2 is 1.83 bits per heavy atom. The Bertz CT molecular complexity index is 826. The summed E-state index contributed by atoms with van der Waals surface area (Å²) in [7, 11) is 0. The van der Waals surface area contributed by atoms with E-state index in [1.165, 1.54) is 10.8 Å². The second kappa shape index (κ2) is 7.17. The molecule has 24 heavy (non-hydrogen) atoms. The Morgan fingerprint density at radius 3 is 2.62 bits per heavy atom. The molecule has 0 unspecified atom stereocenters. The van der Waals surface area contributed by atoms with Gasteiger partial charge in [-0.1, -0.05) is 43.3 Å². The van der Waals surface area contributed by atoms with Crippen molar-refractivity contribution in [2.24, 2.45) is 0 Å². The Hall–Kier alpha value is -2.82. The van der Waals surface area contributed by atoms with E-state index in [9.17, 15) is 0 Å². The molecule has 2 aromatic carbocycles. The van der Waals surface area contributed by atoms with Crippen molar-refractivity contribution >= 4 is 33.8 Å². The molecule has 124 valence electrons. The number of nitrogens with one attached hydrogen (secondary N) is 1. The summed E-state index contributed by atoms with van der Waals surface area (Å²) in [5.41, 5.74) is 8.04. The largest absolute Gasteiger partial charge is 0.393 e. The lowest BCUT2D eigenvalue weighted by Crippen LogP contribution is -2.20. The fraction of sp³-hybridized carbons (Fsp3) is 0.263. The first kappa shape index (κ1) is 16.1. The molecule has 0 radical (unpaired) electrons. The molecule has 3 rings (SSSR count). The van der Waals surface area contributed by atoms with Crippen LogP contribution in [0.15, 0.2) is 48.8 Å². The van der Waals surface area contributed by atoms with Crippen LogP contribution in [0.2, 0.25) is 0 Å². The second-order valence-corrected chi connectivity index (χ2v) is 5.63. The minimum absolute atomic E-state index is 0.584. The fourth-order valence-corrected chi connectivity index (χ4v) is 2.86. The maximum absolute atomic E-state index is 6.35. The van der Waals surface area contributed by atoms with E-state index in [4.69, 9.17) is 5.73 Å². The van der Waals surface area contributed by atoms with Gasteiger partial charge in [-0.05, 0) is 24.8 Å². The zero-order valence-corrected chi connectivity index (χ0v) is 14.2. The Labute approximate surface area is 142 Å². The van der Waals surface area contributed by atoms with E-state index in [2.05, 4.69) is 70.4 Å². The first-order valence-electron chi connectivity index (χ1n) is 8.35. The lowest BCUT2D eigenvalue weighted by molar-refractivity contribution is 0.953. The maximum Gasteiger partial charge on any atom is 0.161 e. The highest BCUT2D eigenvalue weighted by Gasteiger charge is 2.17. The van der Waals surface area contributed by atoms with Crippen LogP contribution in [0.4, 0.5) is 23.0 Å². The van der Waals surface area contributed by atoms with Gasteiger partial charge in [0, 0.05) is 18.5 Å². The van der Waals surface area contributed by atoms with Gasteiger partial charge in [0.2, 0.25) is 0 Å². The zero-order chi connectivity index (χ0) is 16.9. The van der Waals surface area contributed by atoms with Crippen molar-refractivity contribution in [3.63, 3.8) is 0 Å². The number of nitrogen functional groups attached to an aromatic ring is 1. The predicted octanol–water partition coefficient (Wildman–Crippen LogP) is 4.19. The summed E-state index contributed by atoms with van der Waals surface area (Å²) in [6, 6.07) is 14.6. The number of benzene rings is 2. The van der Waals surface area contributed by atoms with Crippen molar-refractivity contribution in [1.82, 2.24) is 9.97 Å². The minimum Gasteiger partial charge on any atom is -0.393 e. The van der Waals surface area contributed by atoms with Crippen molar-refractivity contribution in [2.75, 3.05) is 29.0 Å². The summed E-state index contributed by atoms with van der Waals surface area (Å²) in [5, 5.41) is 5.65. The van der Waals surface area contributed by atoms with E-state index in [-0.39, 0.29) is 0 Å². The zero-order valence-electron chi connectivity index (χ0n) is 14.2. The van der Waals surface area contributed by atoms with Gasteiger partial charge in [-0.25, -0.2) is 9.97 Å². The van der Waals surface area contributed by atoms with E-state index in [1.807, 2.05) is 6.07 Å². The standard InChI is InChI=1S/C19H23N5/c1-3-12-21-18-17(20)19(23-13-22-18)24(4-2)16-11-7-9-14-8-5-6-10-15(14)16/h5-11,13H,3-4,12,20H2,1-2H3,(H,21,22,23). The third-order valence-corrected chi connectivity index (χ3v) is 4.03. The first-order chi connectivity index (χ1) is 11.8. The number of fused-ring (bicyclic) bond motifs is 1. The smallest absolute Gasteiger partial charge is 0.161 e. The highest BCUT2D eigenvalue weighted by atomic mass is 15.2.